The maximum absolute atomic E-state index is 12.1. The summed E-state index contributed by atoms with van der Waals surface area (Å²) in [4.78, 5) is 16.1. The first-order valence-electron chi connectivity index (χ1n) is 7.12. The molecule has 1 amide bonds. The summed E-state index contributed by atoms with van der Waals surface area (Å²) in [5.41, 5.74) is 0.780. The van der Waals surface area contributed by atoms with Crippen molar-refractivity contribution < 1.29 is 9.53 Å². The van der Waals surface area contributed by atoms with Crippen LogP contribution in [0.25, 0.3) is 0 Å². The fraction of sp³-hybridized carbons (Fsp3) is 0.600. The lowest BCUT2D eigenvalue weighted by atomic mass is 9.88. The highest BCUT2D eigenvalue weighted by Gasteiger charge is 2.32. The van der Waals surface area contributed by atoms with Gasteiger partial charge in [0.1, 0.15) is 0 Å². The van der Waals surface area contributed by atoms with E-state index in [-0.39, 0.29) is 17.4 Å². The van der Waals surface area contributed by atoms with Crippen molar-refractivity contribution in [3.05, 3.63) is 24.5 Å². The number of aromatic nitrogens is 1. The largest absolute Gasteiger partial charge is 0.382 e. The summed E-state index contributed by atoms with van der Waals surface area (Å²) in [6.07, 6.45) is 5.10. The Hall–Kier alpha value is -1.62. The minimum atomic E-state index is -0.186. The second-order valence-corrected chi connectivity index (χ2v) is 5.76. The molecule has 0 radical (unpaired) electrons. The zero-order valence-corrected chi connectivity index (χ0v) is 12.2. The minimum absolute atomic E-state index is 0.0668. The van der Waals surface area contributed by atoms with E-state index in [0.717, 1.165) is 18.5 Å². The topological polar surface area (TPSA) is 63.2 Å². The van der Waals surface area contributed by atoms with Gasteiger partial charge >= 0.3 is 0 Å². The number of rotatable bonds is 5. The van der Waals surface area contributed by atoms with Gasteiger partial charge in [0.15, 0.2) is 0 Å². The first-order valence-corrected chi connectivity index (χ1v) is 7.12. The molecule has 0 bridgehead atoms. The van der Waals surface area contributed by atoms with Gasteiger partial charge in [0, 0.05) is 38.0 Å². The quantitative estimate of drug-likeness (QED) is 0.806. The molecule has 1 atom stereocenters. The van der Waals surface area contributed by atoms with Gasteiger partial charge < -0.3 is 15.4 Å². The molecule has 1 aliphatic rings. The van der Waals surface area contributed by atoms with E-state index in [0.29, 0.717) is 19.7 Å². The van der Waals surface area contributed by atoms with Crippen LogP contribution < -0.4 is 10.6 Å². The summed E-state index contributed by atoms with van der Waals surface area (Å²) in [7, 11) is 0. The van der Waals surface area contributed by atoms with Crippen LogP contribution in [0.2, 0.25) is 0 Å². The summed E-state index contributed by atoms with van der Waals surface area (Å²) < 4.78 is 5.63. The molecule has 1 aromatic heterocycles. The molecule has 2 heterocycles. The number of nitrogens with one attached hydrogen (secondary N) is 2. The molecule has 20 heavy (non-hydrogen) atoms. The molecular weight excluding hydrogens is 254 g/mol. The lowest BCUT2D eigenvalue weighted by Gasteiger charge is -2.34. The third-order valence-corrected chi connectivity index (χ3v) is 3.48. The molecule has 1 aromatic rings. The number of pyridine rings is 1. The summed E-state index contributed by atoms with van der Waals surface area (Å²) in [6.45, 7) is 6.06. The molecule has 5 heteroatoms. The first kappa shape index (κ1) is 14.8. The standard InChI is InChI=1S/C15H23N3O2/c1-15(2)10-12(5-9-20-15)14(19)18-8-7-17-13-4-3-6-16-11-13/h3-4,6,11-12,17H,5,7-10H2,1-2H3,(H,18,19)/t12-/m0/s1. The second-order valence-electron chi connectivity index (χ2n) is 5.76. The average Bonchev–Trinajstić information content (AvgIpc) is 2.43. The van der Waals surface area contributed by atoms with E-state index in [1.807, 2.05) is 26.0 Å². The highest BCUT2D eigenvalue weighted by Crippen LogP contribution is 2.28. The Bertz CT molecular complexity index is 434. The number of amides is 1. The molecule has 0 aromatic carbocycles. The monoisotopic (exact) mass is 277 g/mol. The highest BCUT2D eigenvalue weighted by atomic mass is 16.5. The Kier molecular flexibility index (Phi) is 4.95. The van der Waals surface area contributed by atoms with Crippen LogP contribution in [0.1, 0.15) is 26.7 Å². The normalized spacial score (nSPS) is 21.2. The predicted molar refractivity (Wildman–Crippen MR) is 78.5 cm³/mol. The van der Waals surface area contributed by atoms with E-state index < -0.39 is 0 Å². The molecule has 110 valence electrons. The van der Waals surface area contributed by atoms with Crippen molar-refractivity contribution in [1.29, 1.82) is 0 Å². The molecule has 0 unspecified atom stereocenters. The lowest BCUT2D eigenvalue weighted by molar-refractivity contribution is -0.135. The van der Waals surface area contributed by atoms with E-state index in [2.05, 4.69) is 15.6 Å². The molecule has 2 N–H and O–H groups in total. The predicted octanol–water partition coefficient (Wildman–Crippen LogP) is 1.81. The maximum atomic E-state index is 12.1. The SMILES string of the molecule is CC1(C)C[C@@H](C(=O)NCCNc2cccnc2)CCO1. The van der Waals surface area contributed by atoms with Crippen molar-refractivity contribution in [2.24, 2.45) is 5.92 Å². The van der Waals surface area contributed by atoms with Gasteiger partial charge in [0.25, 0.3) is 0 Å². The van der Waals surface area contributed by atoms with Gasteiger partial charge in [-0.25, -0.2) is 0 Å². The Morgan fingerprint density at radius 2 is 2.35 bits per heavy atom. The van der Waals surface area contributed by atoms with E-state index in [9.17, 15) is 4.79 Å². The van der Waals surface area contributed by atoms with Crippen LogP contribution in [0.3, 0.4) is 0 Å². The van der Waals surface area contributed by atoms with Crippen LogP contribution >= 0.6 is 0 Å². The zero-order chi connectivity index (χ0) is 14.4. The summed E-state index contributed by atoms with van der Waals surface area (Å²) in [5, 5.41) is 6.20. The van der Waals surface area contributed by atoms with Crippen molar-refractivity contribution in [3.63, 3.8) is 0 Å². The number of carbonyl (C=O) groups is 1. The number of hydrogen-bond donors (Lipinski definition) is 2. The second kappa shape index (κ2) is 6.70. The van der Waals surface area contributed by atoms with E-state index in [4.69, 9.17) is 4.74 Å². The average molecular weight is 277 g/mol. The van der Waals surface area contributed by atoms with Gasteiger partial charge in [-0.05, 0) is 38.8 Å². The van der Waals surface area contributed by atoms with Crippen LogP contribution in [0.15, 0.2) is 24.5 Å². The fourth-order valence-electron chi connectivity index (χ4n) is 2.46. The number of carbonyl (C=O) groups excluding carboxylic acids is 1. The van der Waals surface area contributed by atoms with Crippen molar-refractivity contribution >= 4 is 11.6 Å². The van der Waals surface area contributed by atoms with Gasteiger partial charge in [-0.2, -0.15) is 0 Å². The van der Waals surface area contributed by atoms with Gasteiger partial charge in [-0.15, -0.1) is 0 Å². The molecule has 1 fully saturated rings. The molecule has 0 saturated carbocycles. The molecule has 5 nitrogen and oxygen atoms in total. The number of hydrogen-bond acceptors (Lipinski definition) is 4. The Morgan fingerprint density at radius 3 is 3.05 bits per heavy atom. The summed E-state index contributed by atoms with van der Waals surface area (Å²) in [6, 6.07) is 3.83. The summed E-state index contributed by atoms with van der Waals surface area (Å²) in [5.74, 6) is 0.200. The van der Waals surface area contributed by atoms with Crippen LogP contribution in [-0.4, -0.2) is 36.2 Å². The number of anilines is 1. The van der Waals surface area contributed by atoms with Crippen molar-refractivity contribution in [2.75, 3.05) is 25.0 Å². The zero-order valence-electron chi connectivity index (χ0n) is 12.2. The van der Waals surface area contributed by atoms with Gasteiger partial charge in [0.2, 0.25) is 5.91 Å². The molecule has 2 rings (SSSR count). The van der Waals surface area contributed by atoms with Crippen molar-refractivity contribution in [3.8, 4) is 0 Å². The van der Waals surface area contributed by atoms with Crippen LogP contribution in [-0.2, 0) is 9.53 Å². The van der Waals surface area contributed by atoms with Gasteiger partial charge in [-0.1, -0.05) is 0 Å². The Balaban J connectivity index is 1.67. The van der Waals surface area contributed by atoms with E-state index in [1.165, 1.54) is 0 Å². The lowest BCUT2D eigenvalue weighted by Crippen LogP contribution is -2.42. The maximum Gasteiger partial charge on any atom is 0.223 e. The third kappa shape index (κ3) is 4.49. The van der Waals surface area contributed by atoms with Crippen LogP contribution in [0.4, 0.5) is 5.69 Å². The minimum Gasteiger partial charge on any atom is -0.382 e. The number of nitrogens with zero attached hydrogens (tertiary/aromatic N) is 1. The Morgan fingerprint density at radius 1 is 1.50 bits per heavy atom. The smallest absolute Gasteiger partial charge is 0.223 e. The highest BCUT2D eigenvalue weighted by molar-refractivity contribution is 5.78. The fourth-order valence-corrected chi connectivity index (χ4v) is 2.46. The Labute approximate surface area is 120 Å². The van der Waals surface area contributed by atoms with Crippen LogP contribution in [0, 0.1) is 5.92 Å². The molecule has 0 spiro atoms. The van der Waals surface area contributed by atoms with Crippen LogP contribution in [0.5, 0.6) is 0 Å². The van der Waals surface area contributed by atoms with Gasteiger partial charge in [0.05, 0.1) is 11.3 Å². The molecule has 1 aliphatic heterocycles. The van der Waals surface area contributed by atoms with Gasteiger partial charge in [-0.3, -0.25) is 9.78 Å². The van der Waals surface area contributed by atoms with Crippen molar-refractivity contribution in [1.82, 2.24) is 10.3 Å². The molecule has 1 saturated heterocycles. The van der Waals surface area contributed by atoms with E-state index >= 15 is 0 Å². The third-order valence-electron chi connectivity index (χ3n) is 3.48. The first-order chi connectivity index (χ1) is 9.57. The van der Waals surface area contributed by atoms with E-state index in [1.54, 1.807) is 12.4 Å². The summed E-state index contributed by atoms with van der Waals surface area (Å²) >= 11 is 0. The number of ether oxygens (including phenoxy) is 1. The van der Waals surface area contributed by atoms with Crippen molar-refractivity contribution in [2.45, 2.75) is 32.3 Å². The molecular formula is C15H23N3O2. The molecule has 0 aliphatic carbocycles.